The average Bonchev–Trinajstić information content (AvgIpc) is 2.74. The number of nitrogens with one attached hydrogen (secondary N) is 1. The Morgan fingerprint density at radius 3 is 2.43 bits per heavy atom. The van der Waals surface area contributed by atoms with Gasteiger partial charge in [-0.05, 0) is 30.7 Å². The summed E-state index contributed by atoms with van der Waals surface area (Å²) in [5.74, 6) is 1.73. The number of ether oxygens (including phenoxy) is 1. The van der Waals surface area contributed by atoms with E-state index in [0.29, 0.717) is 17.3 Å². The summed E-state index contributed by atoms with van der Waals surface area (Å²) in [5.41, 5.74) is 1.21. The summed E-state index contributed by atoms with van der Waals surface area (Å²) < 4.78 is 5.93. The summed E-state index contributed by atoms with van der Waals surface area (Å²) in [6, 6.07) is 17.1. The third-order valence-electron chi connectivity index (χ3n) is 4.20. The summed E-state index contributed by atoms with van der Waals surface area (Å²) in [6.45, 7) is 2.82. The van der Waals surface area contributed by atoms with Gasteiger partial charge < -0.3 is 15.0 Å². The third kappa shape index (κ3) is 5.07. The summed E-state index contributed by atoms with van der Waals surface area (Å²) in [4.78, 5) is 22.6. The normalized spacial score (nSPS) is 10.4. The van der Waals surface area contributed by atoms with Gasteiger partial charge in [0, 0.05) is 26.0 Å². The molecule has 0 saturated carbocycles. The molecule has 6 heteroatoms. The molecule has 3 rings (SSSR count). The highest BCUT2D eigenvalue weighted by atomic mass is 16.5. The van der Waals surface area contributed by atoms with Crippen LogP contribution in [0.25, 0.3) is 0 Å². The molecule has 1 amide bonds. The molecule has 0 saturated heterocycles. The van der Waals surface area contributed by atoms with Gasteiger partial charge in [-0.3, -0.25) is 4.79 Å². The Bertz CT molecular complexity index is 898. The van der Waals surface area contributed by atoms with Crippen LogP contribution in [0.2, 0.25) is 0 Å². The predicted octanol–water partition coefficient (Wildman–Crippen LogP) is 4.88. The van der Waals surface area contributed by atoms with Gasteiger partial charge in [0.2, 0.25) is 5.95 Å². The molecule has 0 atom stereocenters. The number of hydrogen-bond donors (Lipinski definition) is 1. The lowest BCUT2D eigenvalue weighted by molar-refractivity contribution is 0.0792. The minimum absolute atomic E-state index is 0.0761. The molecule has 2 aromatic carbocycles. The van der Waals surface area contributed by atoms with E-state index in [-0.39, 0.29) is 5.91 Å². The molecule has 0 aliphatic rings. The summed E-state index contributed by atoms with van der Waals surface area (Å²) in [6.07, 6.45) is 5.10. The molecule has 28 heavy (non-hydrogen) atoms. The Balaban J connectivity index is 1.70. The van der Waals surface area contributed by atoms with Crippen LogP contribution in [0.1, 0.15) is 30.1 Å². The topological polar surface area (TPSA) is 67.4 Å². The lowest BCUT2D eigenvalue weighted by Crippen LogP contribution is -2.27. The zero-order valence-electron chi connectivity index (χ0n) is 16.1. The number of hydrogen-bond acceptors (Lipinski definition) is 5. The molecule has 144 valence electrons. The maximum Gasteiger partial charge on any atom is 0.256 e. The number of rotatable bonds is 8. The zero-order valence-corrected chi connectivity index (χ0v) is 16.1. The van der Waals surface area contributed by atoms with Gasteiger partial charge >= 0.3 is 0 Å². The lowest BCUT2D eigenvalue weighted by atomic mass is 10.2. The summed E-state index contributed by atoms with van der Waals surface area (Å²) >= 11 is 0. The number of aromatic nitrogens is 2. The second-order valence-corrected chi connectivity index (χ2v) is 6.41. The van der Waals surface area contributed by atoms with Crippen molar-refractivity contribution in [2.24, 2.45) is 0 Å². The van der Waals surface area contributed by atoms with Gasteiger partial charge in [0.25, 0.3) is 5.91 Å². The minimum atomic E-state index is -0.0761. The Kier molecular flexibility index (Phi) is 6.57. The van der Waals surface area contributed by atoms with Crippen LogP contribution in [0, 0.1) is 0 Å². The van der Waals surface area contributed by atoms with Crippen LogP contribution < -0.4 is 10.1 Å². The largest absolute Gasteiger partial charge is 0.455 e. The molecule has 0 unspecified atom stereocenters. The van der Waals surface area contributed by atoms with Crippen LogP contribution in [0.5, 0.6) is 11.5 Å². The molecule has 3 aromatic rings. The van der Waals surface area contributed by atoms with Gasteiger partial charge in [-0.2, -0.15) is 0 Å². The van der Waals surface area contributed by atoms with Crippen LogP contribution in [0.3, 0.4) is 0 Å². The molecule has 0 bridgehead atoms. The first-order chi connectivity index (χ1) is 13.7. The van der Waals surface area contributed by atoms with Crippen LogP contribution in [-0.4, -0.2) is 34.4 Å². The van der Waals surface area contributed by atoms with E-state index < -0.39 is 0 Å². The smallest absolute Gasteiger partial charge is 0.256 e. The number of carbonyl (C=O) groups is 1. The van der Waals surface area contributed by atoms with E-state index >= 15 is 0 Å². The van der Waals surface area contributed by atoms with Gasteiger partial charge in [0.1, 0.15) is 5.75 Å². The standard InChI is InChI=1S/C22H24N4O2/c1-3-4-14-26(2)21(27)17-15-23-22(24-16-17)25-19-12-8-9-13-20(19)28-18-10-6-5-7-11-18/h5-13,15-16H,3-4,14H2,1-2H3,(H,23,24,25). The molecular formula is C22H24N4O2. The van der Waals surface area contributed by atoms with Gasteiger partial charge in [-0.25, -0.2) is 9.97 Å². The molecule has 0 aliphatic heterocycles. The van der Waals surface area contributed by atoms with Crippen LogP contribution in [0.15, 0.2) is 67.0 Å². The molecule has 1 N–H and O–H groups in total. The van der Waals surface area contributed by atoms with E-state index in [2.05, 4.69) is 22.2 Å². The second-order valence-electron chi connectivity index (χ2n) is 6.41. The molecule has 0 spiro atoms. The van der Waals surface area contributed by atoms with Gasteiger partial charge in [-0.15, -0.1) is 0 Å². The highest BCUT2D eigenvalue weighted by molar-refractivity contribution is 5.93. The maximum absolute atomic E-state index is 12.4. The van der Waals surface area contributed by atoms with Crippen LogP contribution in [0.4, 0.5) is 11.6 Å². The SMILES string of the molecule is CCCCN(C)C(=O)c1cnc(Nc2ccccc2Oc2ccccc2)nc1. The number of unbranched alkanes of at least 4 members (excludes halogenated alkanes) is 1. The van der Waals surface area contributed by atoms with E-state index in [0.717, 1.165) is 30.8 Å². The maximum atomic E-state index is 12.4. The first kappa shape index (κ1) is 19.4. The van der Waals surface area contributed by atoms with Crippen molar-refractivity contribution in [3.63, 3.8) is 0 Å². The lowest BCUT2D eigenvalue weighted by Gasteiger charge is -2.16. The molecule has 1 heterocycles. The highest BCUT2D eigenvalue weighted by Crippen LogP contribution is 2.30. The molecular weight excluding hydrogens is 352 g/mol. The molecule has 0 fully saturated rings. The van der Waals surface area contributed by atoms with Crippen molar-refractivity contribution in [3.8, 4) is 11.5 Å². The fraction of sp³-hybridized carbons (Fsp3) is 0.227. The monoisotopic (exact) mass is 376 g/mol. The van der Waals surface area contributed by atoms with Crippen molar-refractivity contribution in [3.05, 3.63) is 72.6 Å². The van der Waals surface area contributed by atoms with Crippen molar-refractivity contribution >= 4 is 17.5 Å². The number of amides is 1. The number of benzene rings is 2. The summed E-state index contributed by atoms with van der Waals surface area (Å²) in [5, 5.41) is 3.15. The van der Waals surface area contributed by atoms with Crippen LogP contribution in [-0.2, 0) is 0 Å². The minimum Gasteiger partial charge on any atom is -0.455 e. The van der Waals surface area contributed by atoms with E-state index in [1.165, 1.54) is 0 Å². The average molecular weight is 376 g/mol. The van der Waals surface area contributed by atoms with Crippen molar-refractivity contribution < 1.29 is 9.53 Å². The van der Waals surface area contributed by atoms with Gasteiger partial charge in [-0.1, -0.05) is 43.7 Å². The molecule has 6 nitrogen and oxygen atoms in total. The quantitative estimate of drug-likeness (QED) is 0.606. The Hall–Kier alpha value is -3.41. The van der Waals surface area contributed by atoms with E-state index in [4.69, 9.17) is 4.74 Å². The Morgan fingerprint density at radius 1 is 1.04 bits per heavy atom. The number of para-hydroxylation sites is 3. The van der Waals surface area contributed by atoms with Crippen molar-refractivity contribution in [2.45, 2.75) is 19.8 Å². The molecule has 1 aromatic heterocycles. The molecule has 0 aliphatic carbocycles. The Morgan fingerprint density at radius 2 is 1.71 bits per heavy atom. The van der Waals surface area contributed by atoms with E-state index in [9.17, 15) is 4.79 Å². The predicted molar refractivity (Wildman–Crippen MR) is 110 cm³/mol. The van der Waals surface area contributed by atoms with E-state index in [1.54, 1.807) is 24.3 Å². The first-order valence-electron chi connectivity index (χ1n) is 9.34. The summed E-state index contributed by atoms with van der Waals surface area (Å²) in [7, 11) is 1.79. The first-order valence-corrected chi connectivity index (χ1v) is 9.34. The fourth-order valence-electron chi connectivity index (χ4n) is 2.62. The van der Waals surface area contributed by atoms with E-state index in [1.807, 2.05) is 54.6 Å². The van der Waals surface area contributed by atoms with Crippen LogP contribution >= 0.6 is 0 Å². The second kappa shape index (κ2) is 9.50. The molecule has 0 radical (unpaired) electrons. The number of anilines is 2. The van der Waals surface area contributed by atoms with Crippen molar-refractivity contribution in [1.82, 2.24) is 14.9 Å². The third-order valence-corrected chi connectivity index (χ3v) is 4.20. The number of carbonyl (C=O) groups excluding carboxylic acids is 1. The fourth-order valence-corrected chi connectivity index (χ4v) is 2.62. The van der Waals surface area contributed by atoms with Crippen molar-refractivity contribution in [1.29, 1.82) is 0 Å². The Labute approximate surface area is 165 Å². The number of nitrogens with zero attached hydrogens (tertiary/aromatic N) is 3. The highest BCUT2D eigenvalue weighted by Gasteiger charge is 2.13. The van der Waals surface area contributed by atoms with Crippen molar-refractivity contribution in [2.75, 3.05) is 18.9 Å². The van der Waals surface area contributed by atoms with Gasteiger partial charge in [0.15, 0.2) is 5.75 Å². The zero-order chi connectivity index (χ0) is 19.8. The van der Waals surface area contributed by atoms with Gasteiger partial charge in [0.05, 0.1) is 11.3 Å².